The maximum absolute atomic E-state index is 12.1. The number of esters is 1. The molecule has 130 valence electrons. The van der Waals surface area contributed by atoms with Crippen molar-refractivity contribution in [2.45, 2.75) is 4.21 Å². The minimum Gasteiger partial charge on any atom is -0.465 e. The number of carbonyl (C=O) groups is 1. The van der Waals surface area contributed by atoms with Crippen LogP contribution < -0.4 is 0 Å². The number of ether oxygens (including phenoxy) is 1. The molecule has 0 aliphatic carbocycles. The molecule has 0 radical (unpaired) electrons. The number of halogens is 1. The van der Waals surface area contributed by atoms with E-state index in [1.165, 1.54) is 24.5 Å². The third-order valence-corrected chi connectivity index (χ3v) is 7.38. The molecule has 9 heteroatoms. The van der Waals surface area contributed by atoms with E-state index in [9.17, 15) is 13.2 Å². The highest BCUT2D eigenvalue weighted by Crippen LogP contribution is 2.38. The molecule has 2 heterocycles. The Morgan fingerprint density at radius 3 is 2.52 bits per heavy atom. The number of benzene rings is 1. The molecule has 0 unspecified atom stereocenters. The summed E-state index contributed by atoms with van der Waals surface area (Å²) in [5, 5.41) is 2.98. The molecule has 2 aromatic heterocycles. The summed E-state index contributed by atoms with van der Waals surface area (Å²) in [6.07, 6.45) is 1.11. The van der Waals surface area contributed by atoms with Gasteiger partial charge >= 0.3 is 5.97 Å². The molecule has 0 fully saturated rings. The van der Waals surface area contributed by atoms with Gasteiger partial charge in [0.2, 0.25) is 0 Å². The Morgan fingerprint density at radius 2 is 1.92 bits per heavy atom. The normalized spacial score (nSPS) is 11.5. The molecule has 5 nitrogen and oxygen atoms in total. The summed E-state index contributed by atoms with van der Waals surface area (Å²) in [6.45, 7) is 0. The Labute approximate surface area is 157 Å². The van der Waals surface area contributed by atoms with Gasteiger partial charge in [0, 0.05) is 27.8 Å². The van der Waals surface area contributed by atoms with Crippen LogP contribution in [0.15, 0.2) is 39.9 Å². The van der Waals surface area contributed by atoms with Gasteiger partial charge in [0.1, 0.15) is 14.1 Å². The van der Waals surface area contributed by atoms with Crippen LogP contribution in [-0.4, -0.2) is 32.7 Å². The van der Waals surface area contributed by atoms with Gasteiger partial charge < -0.3 is 4.74 Å². The molecule has 0 N–H and O–H groups in total. The Kier molecular flexibility index (Phi) is 4.97. The summed E-state index contributed by atoms with van der Waals surface area (Å²) < 4.78 is 29.0. The third-order valence-electron chi connectivity index (χ3n) is 3.30. The molecule has 0 saturated carbocycles. The number of thiazole rings is 1. The van der Waals surface area contributed by atoms with Crippen molar-refractivity contribution in [1.29, 1.82) is 0 Å². The monoisotopic (exact) mass is 413 g/mol. The molecule has 1 aromatic carbocycles. The quantitative estimate of drug-likeness (QED) is 0.593. The van der Waals surface area contributed by atoms with Crippen molar-refractivity contribution in [2.24, 2.45) is 0 Å². The largest absolute Gasteiger partial charge is 0.465 e. The lowest BCUT2D eigenvalue weighted by atomic mass is 10.2. The van der Waals surface area contributed by atoms with E-state index < -0.39 is 15.8 Å². The number of sulfone groups is 1. The summed E-state index contributed by atoms with van der Waals surface area (Å²) in [5.41, 5.74) is 2.00. The summed E-state index contributed by atoms with van der Waals surface area (Å²) in [7, 11) is -2.25. The fraction of sp³-hybridized carbons (Fsp3) is 0.125. The van der Waals surface area contributed by atoms with Crippen LogP contribution in [0.5, 0.6) is 0 Å². The third kappa shape index (κ3) is 3.77. The Morgan fingerprint density at radius 1 is 1.24 bits per heavy atom. The Bertz CT molecular complexity index is 1040. The number of carbonyl (C=O) groups excluding carboxylic acids is 1. The minimum atomic E-state index is -3.50. The van der Waals surface area contributed by atoms with E-state index in [1.807, 2.05) is 17.5 Å². The molecular weight excluding hydrogens is 402 g/mol. The zero-order valence-corrected chi connectivity index (χ0v) is 16.4. The van der Waals surface area contributed by atoms with Crippen molar-refractivity contribution in [2.75, 3.05) is 13.4 Å². The second kappa shape index (κ2) is 6.87. The van der Waals surface area contributed by atoms with E-state index in [0.717, 1.165) is 23.2 Å². The first-order chi connectivity index (χ1) is 11.8. The molecule has 0 aliphatic heterocycles. The van der Waals surface area contributed by atoms with Crippen LogP contribution in [0, 0.1) is 0 Å². The van der Waals surface area contributed by atoms with Crippen LogP contribution in [0.25, 0.3) is 21.8 Å². The average Bonchev–Trinajstić information content (AvgIpc) is 3.21. The first-order valence-electron chi connectivity index (χ1n) is 6.93. The van der Waals surface area contributed by atoms with Crippen LogP contribution in [-0.2, 0) is 14.6 Å². The number of methoxy groups -OCH3 is 1. The maximum Gasteiger partial charge on any atom is 0.348 e. The van der Waals surface area contributed by atoms with Gasteiger partial charge in [-0.2, -0.15) is 0 Å². The van der Waals surface area contributed by atoms with Crippen molar-refractivity contribution < 1.29 is 17.9 Å². The Hall–Kier alpha value is -1.74. The summed E-state index contributed by atoms with van der Waals surface area (Å²) >= 11 is 8.09. The fourth-order valence-electron chi connectivity index (χ4n) is 2.15. The molecule has 0 atom stereocenters. The maximum atomic E-state index is 12.1. The minimum absolute atomic E-state index is 0.102. The van der Waals surface area contributed by atoms with Gasteiger partial charge in [0.15, 0.2) is 9.84 Å². The van der Waals surface area contributed by atoms with E-state index in [-0.39, 0.29) is 9.09 Å². The van der Waals surface area contributed by atoms with Crippen molar-refractivity contribution >= 4 is 50.1 Å². The standard InChI is InChI=1S/C16H12ClNO4S3/c1-22-15(19)13-7-11(16(24-13)25(2,20)21)14-18-12(8-23-14)9-3-5-10(17)6-4-9/h3-8H,1-2H3. The van der Waals surface area contributed by atoms with Gasteiger partial charge in [-0.15, -0.1) is 22.7 Å². The summed E-state index contributed by atoms with van der Waals surface area (Å²) in [6, 6.07) is 8.71. The number of thiophene rings is 1. The molecule has 25 heavy (non-hydrogen) atoms. The lowest BCUT2D eigenvalue weighted by Crippen LogP contribution is -1.97. The van der Waals surface area contributed by atoms with E-state index in [4.69, 9.17) is 11.6 Å². The van der Waals surface area contributed by atoms with Crippen molar-refractivity contribution in [3.63, 3.8) is 0 Å². The molecule has 0 aliphatic rings. The SMILES string of the molecule is COC(=O)c1cc(-c2nc(-c3ccc(Cl)cc3)cs2)c(S(C)(=O)=O)s1. The zero-order valence-electron chi connectivity index (χ0n) is 13.1. The number of aromatic nitrogens is 1. The van der Waals surface area contributed by atoms with Gasteiger partial charge in [-0.1, -0.05) is 23.7 Å². The molecule has 0 saturated heterocycles. The van der Waals surface area contributed by atoms with Gasteiger partial charge in [-0.3, -0.25) is 0 Å². The van der Waals surface area contributed by atoms with Gasteiger partial charge in [-0.25, -0.2) is 18.2 Å². The number of hydrogen-bond donors (Lipinski definition) is 0. The fourth-order valence-corrected chi connectivity index (χ4v) is 5.50. The first kappa shape index (κ1) is 18.1. The smallest absolute Gasteiger partial charge is 0.348 e. The molecule has 3 rings (SSSR count). The lowest BCUT2D eigenvalue weighted by molar-refractivity contribution is 0.0606. The second-order valence-corrected chi connectivity index (χ2v) is 9.68. The van der Waals surface area contributed by atoms with Crippen molar-refractivity contribution in [1.82, 2.24) is 4.98 Å². The van der Waals surface area contributed by atoms with Gasteiger partial charge in [0.05, 0.1) is 12.8 Å². The molecule has 3 aromatic rings. The van der Waals surface area contributed by atoms with E-state index in [1.54, 1.807) is 12.1 Å². The number of nitrogens with zero attached hydrogens (tertiary/aromatic N) is 1. The van der Waals surface area contributed by atoms with Crippen LogP contribution >= 0.6 is 34.3 Å². The highest BCUT2D eigenvalue weighted by atomic mass is 35.5. The van der Waals surface area contributed by atoms with Crippen LogP contribution in [0.4, 0.5) is 0 Å². The second-order valence-electron chi connectivity index (χ2n) is 5.12. The van der Waals surface area contributed by atoms with E-state index >= 15 is 0 Å². The van der Waals surface area contributed by atoms with Crippen LogP contribution in [0.2, 0.25) is 5.02 Å². The summed E-state index contributed by atoms with van der Waals surface area (Å²) in [4.78, 5) is 16.5. The van der Waals surface area contributed by atoms with Crippen molar-refractivity contribution in [3.05, 3.63) is 45.6 Å². The van der Waals surface area contributed by atoms with Crippen molar-refractivity contribution in [3.8, 4) is 21.8 Å². The molecule has 0 spiro atoms. The van der Waals surface area contributed by atoms with Crippen LogP contribution in [0.1, 0.15) is 9.67 Å². The van der Waals surface area contributed by atoms with E-state index in [2.05, 4.69) is 9.72 Å². The average molecular weight is 414 g/mol. The topological polar surface area (TPSA) is 73.3 Å². The predicted octanol–water partition coefficient (Wildman–Crippen LogP) is 4.38. The highest BCUT2D eigenvalue weighted by molar-refractivity contribution is 7.93. The number of hydrogen-bond acceptors (Lipinski definition) is 7. The number of rotatable bonds is 4. The van der Waals surface area contributed by atoms with Gasteiger partial charge in [0.25, 0.3) is 0 Å². The van der Waals surface area contributed by atoms with E-state index in [0.29, 0.717) is 21.3 Å². The molecule has 0 bridgehead atoms. The molecule has 0 amide bonds. The van der Waals surface area contributed by atoms with Gasteiger partial charge in [-0.05, 0) is 18.2 Å². The first-order valence-corrected chi connectivity index (χ1v) is 10.9. The Balaban J connectivity index is 2.09. The highest BCUT2D eigenvalue weighted by Gasteiger charge is 2.24. The zero-order chi connectivity index (χ0) is 18.2. The summed E-state index contributed by atoms with van der Waals surface area (Å²) in [5.74, 6) is -0.573. The predicted molar refractivity (Wildman–Crippen MR) is 100 cm³/mol. The molecular formula is C16H12ClNO4S3. The van der Waals surface area contributed by atoms with Crippen LogP contribution in [0.3, 0.4) is 0 Å². The lowest BCUT2D eigenvalue weighted by Gasteiger charge is -1.98.